The molecule has 0 saturated heterocycles. The van der Waals surface area contributed by atoms with Crippen molar-refractivity contribution in [3.63, 3.8) is 0 Å². The number of ether oxygens (including phenoxy) is 1. The Kier molecular flexibility index (Phi) is 5.25. The van der Waals surface area contributed by atoms with Crippen LogP contribution in [0.5, 0.6) is 5.75 Å². The van der Waals surface area contributed by atoms with Crippen molar-refractivity contribution in [1.29, 1.82) is 5.26 Å². The van der Waals surface area contributed by atoms with E-state index in [2.05, 4.69) is 11.4 Å². The Morgan fingerprint density at radius 2 is 2.20 bits per heavy atom. The molecule has 4 nitrogen and oxygen atoms in total. The van der Waals surface area contributed by atoms with Crippen LogP contribution in [0.2, 0.25) is 0 Å². The summed E-state index contributed by atoms with van der Waals surface area (Å²) in [5.74, 6) is 1.31. The molecule has 1 aliphatic carbocycles. The van der Waals surface area contributed by atoms with Crippen LogP contribution in [-0.4, -0.2) is 24.9 Å². The monoisotopic (exact) mass is 274 g/mol. The molecule has 0 aliphatic heterocycles. The van der Waals surface area contributed by atoms with Crippen LogP contribution < -0.4 is 10.1 Å². The first-order valence-electron chi connectivity index (χ1n) is 7.23. The molecule has 1 aromatic rings. The van der Waals surface area contributed by atoms with Gasteiger partial charge in [-0.25, -0.2) is 0 Å². The van der Waals surface area contributed by atoms with E-state index >= 15 is 0 Å². The normalized spacial score (nSPS) is 16.6. The maximum Gasteiger partial charge on any atom is 0.143 e. The largest absolute Gasteiger partial charge is 0.495 e. The number of aliphatic hydroxyl groups is 1. The zero-order chi connectivity index (χ0) is 14.4. The van der Waals surface area contributed by atoms with E-state index < -0.39 is 0 Å². The molecular formula is C16H22N2O2. The molecule has 0 aromatic heterocycles. The van der Waals surface area contributed by atoms with Crippen LogP contribution in [0.3, 0.4) is 0 Å². The predicted octanol–water partition coefficient (Wildman–Crippen LogP) is 2.92. The molecule has 0 heterocycles. The lowest BCUT2D eigenvalue weighted by atomic mass is 10.00. The lowest BCUT2D eigenvalue weighted by Gasteiger charge is -2.17. The molecule has 1 fully saturated rings. The number of rotatable bonds is 6. The molecule has 2 rings (SSSR count). The quantitative estimate of drug-likeness (QED) is 0.837. The molecule has 0 spiro atoms. The van der Waals surface area contributed by atoms with Crippen LogP contribution in [0.4, 0.5) is 5.69 Å². The highest BCUT2D eigenvalue weighted by Gasteiger charge is 2.18. The molecule has 1 aromatic carbocycles. The number of benzene rings is 1. The fourth-order valence-corrected chi connectivity index (χ4v) is 2.85. The zero-order valence-corrected chi connectivity index (χ0v) is 11.9. The van der Waals surface area contributed by atoms with Gasteiger partial charge in [-0.05, 0) is 24.5 Å². The molecule has 1 atom stereocenters. The van der Waals surface area contributed by atoms with Crippen molar-refractivity contribution in [2.45, 2.75) is 38.2 Å². The third-order valence-corrected chi connectivity index (χ3v) is 3.94. The minimum absolute atomic E-state index is 0.335. The first-order chi connectivity index (χ1) is 9.72. The fraction of sp³-hybridized carbons (Fsp3) is 0.562. The van der Waals surface area contributed by atoms with Crippen molar-refractivity contribution in [1.82, 2.24) is 0 Å². The van der Waals surface area contributed by atoms with E-state index in [-0.39, 0.29) is 6.10 Å². The molecule has 2 N–H and O–H groups in total. The topological polar surface area (TPSA) is 65.3 Å². The van der Waals surface area contributed by atoms with Gasteiger partial charge in [0.05, 0.1) is 30.5 Å². The van der Waals surface area contributed by atoms with Crippen molar-refractivity contribution < 1.29 is 9.84 Å². The second-order valence-corrected chi connectivity index (χ2v) is 5.45. The van der Waals surface area contributed by atoms with Crippen molar-refractivity contribution in [3.8, 4) is 11.8 Å². The van der Waals surface area contributed by atoms with Gasteiger partial charge in [-0.2, -0.15) is 5.26 Å². The first kappa shape index (κ1) is 14.7. The summed E-state index contributed by atoms with van der Waals surface area (Å²) in [4.78, 5) is 0. The fourth-order valence-electron chi connectivity index (χ4n) is 2.85. The summed E-state index contributed by atoms with van der Waals surface area (Å²) in [6.45, 7) is 0.513. The molecule has 0 radical (unpaired) electrons. The van der Waals surface area contributed by atoms with Crippen LogP contribution in [-0.2, 0) is 0 Å². The highest BCUT2D eigenvalue weighted by Crippen LogP contribution is 2.29. The number of nitrogens with one attached hydrogen (secondary N) is 1. The van der Waals surface area contributed by atoms with Gasteiger partial charge in [-0.15, -0.1) is 0 Å². The van der Waals surface area contributed by atoms with Crippen molar-refractivity contribution >= 4 is 5.69 Å². The Bertz CT molecular complexity index is 476. The van der Waals surface area contributed by atoms with Crippen LogP contribution in [0.25, 0.3) is 0 Å². The number of anilines is 1. The molecular weight excluding hydrogens is 252 g/mol. The smallest absolute Gasteiger partial charge is 0.143 e. The molecule has 0 bridgehead atoms. The summed E-state index contributed by atoms with van der Waals surface area (Å²) in [6.07, 6.45) is 5.63. The van der Waals surface area contributed by atoms with Crippen molar-refractivity contribution in [2.24, 2.45) is 5.92 Å². The SMILES string of the molecule is COc1cc(C#N)ccc1NCC(O)CC1CCCC1. The second kappa shape index (κ2) is 7.16. The average molecular weight is 274 g/mol. The van der Waals surface area contributed by atoms with E-state index in [4.69, 9.17) is 10.00 Å². The van der Waals surface area contributed by atoms with E-state index in [0.29, 0.717) is 23.8 Å². The number of methoxy groups -OCH3 is 1. The number of hydrogen-bond acceptors (Lipinski definition) is 4. The molecule has 108 valence electrons. The Labute approximate surface area is 120 Å². The van der Waals surface area contributed by atoms with Gasteiger partial charge in [0, 0.05) is 12.6 Å². The third kappa shape index (κ3) is 3.88. The van der Waals surface area contributed by atoms with Crippen LogP contribution in [0.1, 0.15) is 37.7 Å². The van der Waals surface area contributed by atoms with Crippen LogP contribution in [0, 0.1) is 17.2 Å². The highest BCUT2D eigenvalue weighted by molar-refractivity contribution is 5.59. The molecule has 1 aliphatic rings. The zero-order valence-electron chi connectivity index (χ0n) is 11.9. The van der Waals surface area contributed by atoms with Gasteiger partial charge in [-0.3, -0.25) is 0 Å². The number of aliphatic hydroxyl groups excluding tert-OH is 1. The summed E-state index contributed by atoms with van der Waals surface area (Å²) >= 11 is 0. The Morgan fingerprint density at radius 1 is 1.45 bits per heavy atom. The van der Waals surface area contributed by atoms with E-state index in [1.807, 2.05) is 6.07 Å². The van der Waals surface area contributed by atoms with E-state index in [1.54, 1.807) is 19.2 Å². The average Bonchev–Trinajstić information content (AvgIpc) is 2.97. The van der Waals surface area contributed by atoms with Crippen molar-refractivity contribution in [2.75, 3.05) is 19.0 Å². The molecule has 1 saturated carbocycles. The molecule has 20 heavy (non-hydrogen) atoms. The Balaban J connectivity index is 1.88. The maximum absolute atomic E-state index is 10.1. The number of hydrogen-bond donors (Lipinski definition) is 2. The van der Waals surface area contributed by atoms with Gasteiger partial charge in [0.25, 0.3) is 0 Å². The van der Waals surface area contributed by atoms with Crippen LogP contribution in [0.15, 0.2) is 18.2 Å². The summed E-state index contributed by atoms with van der Waals surface area (Å²) < 4.78 is 5.26. The van der Waals surface area contributed by atoms with E-state index in [9.17, 15) is 5.11 Å². The number of nitrogens with zero attached hydrogens (tertiary/aromatic N) is 1. The minimum atomic E-state index is -0.335. The summed E-state index contributed by atoms with van der Waals surface area (Å²) in [7, 11) is 1.58. The van der Waals surface area contributed by atoms with Crippen molar-refractivity contribution in [3.05, 3.63) is 23.8 Å². The highest BCUT2D eigenvalue weighted by atomic mass is 16.5. The Morgan fingerprint density at radius 3 is 2.85 bits per heavy atom. The first-order valence-corrected chi connectivity index (χ1v) is 7.23. The third-order valence-electron chi connectivity index (χ3n) is 3.94. The second-order valence-electron chi connectivity index (χ2n) is 5.45. The summed E-state index contributed by atoms with van der Waals surface area (Å²) in [5, 5.41) is 22.1. The Hall–Kier alpha value is -1.73. The molecule has 1 unspecified atom stereocenters. The number of nitriles is 1. The maximum atomic E-state index is 10.1. The van der Waals surface area contributed by atoms with Gasteiger partial charge < -0.3 is 15.2 Å². The molecule has 4 heteroatoms. The lowest BCUT2D eigenvalue weighted by molar-refractivity contribution is 0.155. The van der Waals surface area contributed by atoms with E-state index in [0.717, 1.165) is 12.1 Å². The van der Waals surface area contributed by atoms with E-state index in [1.165, 1.54) is 25.7 Å². The van der Waals surface area contributed by atoms with Crippen LogP contribution >= 0.6 is 0 Å². The minimum Gasteiger partial charge on any atom is -0.495 e. The van der Waals surface area contributed by atoms with Gasteiger partial charge in [-0.1, -0.05) is 25.7 Å². The lowest BCUT2D eigenvalue weighted by Crippen LogP contribution is -2.22. The van der Waals surface area contributed by atoms with Gasteiger partial charge in [0.15, 0.2) is 0 Å². The van der Waals surface area contributed by atoms with Gasteiger partial charge in [0.1, 0.15) is 5.75 Å². The summed E-state index contributed by atoms with van der Waals surface area (Å²) in [5.41, 5.74) is 1.39. The predicted molar refractivity (Wildman–Crippen MR) is 78.8 cm³/mol. The standard InChI is InChI=1S/C16H22N2O2/c1-20-16-9-13(10-17)6-7-15(16)18-11-14(19)8-12-4-2-3-5-12/h6-7,9,12,14,18-19H,2-5,8,11H2,1H3. The van der Waals surface area contributed by atoms with Gasteiger partial charge >= 0.3 is 0 Å². The van der Waals surface area contributed by atoms with Gasteiger partial charge in [0.2, 0.25) is 0 Å². The molecule has 0 amide bonds. The summed E-state index contributed by atoms with van der Waals surface area (Å²) in [6, 6.07) is 7.35.